The van der Waals surface area contributed by atoms with Crippen LogP contribution in [-0.4, -0.2) is 42.1 Å². The molecule has 3 rings (SSSR count). The lowest BCUT2D eigenvalue weighted by atomic mass is 9.86. The largest absolute Gasteiger partial charge is 0.392 e. The number of oxime groups is 1. The number of unbranched alkanes of at least 4 members (excludes halogenated alkanes) is 3. The minimum absolute atomic E-state index is 0.234. The number of carbonyl (C=O) groups is 3. The third kappa shape index (κ3) is 7.97. The molecule has 3 aromatic rings. The predicted octanol–water partition coefficient (Wildman–Crippen LogP) is 6.63. The van der Waals surface area contributed by atoms with E-state index in [9.17, 15) is 19.5 Å². The molecule has 1 N–H and O–H groups in total. The zero-order chi connectivity index (χ0) is 29.0. The van der Waals surface area contributed by atoms with Crippen LogP contribution < -0.4 is 0 Å². The number of Topliss-reactive ketones (excluding diaryl/α,β-unsaturated/α-hetero) is 2. The summed E-state index contributed by atoms with van der Waals surface area (Å²) in [5.74, 6) is -1.16. The van der Waals surface area contributed by atoms with E-state index in [0.29, 0.717) is 23.1 Å². The first-order chi connectivity index (χ1) is 19.3. The SMILES string of the molecule is CCCCCC/C(=N\OC(C)=O)C(=O)c1ccc(Sc2ccc(C(=O)C(CO)(OC)c3ccccc3)cc2)cc1. The molecule has 7 nitrogen and oxygen atoms in total. The Balaban J connectivity index is 1.70. The van der Waals surface area contributed by atoms with Crippen molar-refractivity contribution in [2.24, 2.45) is 5.16 Å². The van der Waals surface area contributed by atoms with Gasteiger partial charge in [0.05, 0.1) is 6.61 Å². The highest BCUT2D eigenvalue weighted by atomic mass is 32.2. The van der Waals surface area contributed by atoms with Crippen LogP contribution in [0.1, 0.15) is 72.2 Å². The summed E-state index contributed by atoms with van der Waals surface area (Å²) in [6.45, 7) is 2.88. The van der Waals surface area contributed by atoms with Gasteiger partial charge in [0.1, 0.15) is 5.71 Å². The van der Waals surface area contributed by atoms with Crippen molar-refractivity contribution >= 4 is 35.0 Å². The van der Waals surface area contributed by atoms with Gasteiger partial charge in [-0.15, -0.1) is 0 Å². The van der Waals surface area contributed by atoms with E-state index in [1.807, 2.05) is 30.3 Å². The highest BCUT2D eigenvalue weighted by Gasteiger charge is 2.40. The van der Waals surface area contributed by atoms with Crippen molar-refractivity contribution in [3.05, 3.63) is 95.6 Å². The molecule has 0 aliphatic carbocycles. The van der Waals surface area contributed by atoms with Crippen molar-refractivity contribution in [1.82, 2.24) is 0 Å². The van der Waals surface area contributed by atoms with Crippen molar-refractivity contribution in [3.8, 4) is 0 Å². The smallest absolute Gasteiger partial charge is 0.331 e. The van der Waals surface area contributed by atoms with Crippen molar-refractivity contribution in [3.63, 3.8) is 0 Å². The second-order valence-corrected chi connectivity index (χ2v) is 10.4. The van der Waals surface area contributed by atoms with E-state index in [-0.39, 0.29) is 17.3 Å². The Kier molecular flexibility index (Phi) is 11.8. The number of nitrogens with zero attached hydrogens (tertiary/aromatic N) is 1. The monoisotopic (exact) mass is 561 g/mol. The van der Waals surface area contributed by atoms with Crippen LogP contribution >= 0.6 is 11.8 Å². The normalized spacial score (nSPS) is 12.9. The van der Waals surface area contributed by atoms with Crippen LogP contribution in [0, 0.1) is 0 Å². The van der Waals surface area contributed by atoms with E-state index in [1.54, 1.807) is 48.5 Å². The third-order valence-electron chi connectivity index (χ3n) is 6.46. The number of ether oxygens (including phenoxy) is 1. The predicted molar refractivity (Wildman–Crippen MR) is 156 cm³/mol. The summed E-state index contributed by atoms with van der Waals surface area (Å²) in [4.78, 5) is 44.2. The molecule has 1 unspecified atom stereocenters. The average molecular weight is 562 g/mol. The molecule has 210 valence electrons. The van der Waals surface area contributed by atoms with Gasteiger partial charge in [-0.25, -0.2) is 4.79 Å². The average Bonchev–Trinajstić information content (AvgIpc) is 2.98. The maximum absolute atomic E-state index is 13.4. The van der Waals surface area contributed by atoms with Crippen molar-refractivity contribution in [1.29, 1.82) is 0 Å². The van der Waals surface area contributed by atoms with Crippen LogP contribution in [0.3, 0.4) is 0 Å². The minimum Gasteiger partial charge on any atom is -0.392 e. The molecule has 0 aromatic heterocycles. The van der Waals surface area contributed by atoms with Crippen LogP contribution in [0.4, 0.5) is 0 Å². The lowest BCUT2D eigenvalue weighted by molar-refractivity contribution is -0.140. The fourth-order valence-electron chi connectivity index (χ4n) is 4.20. The van der Waals surface area contributed by atoms with Gasteiger partial charge in [-0.1, -0.05) is 85.6 Å². The van der Waals surface area contributed by atoms with Gasteiger partial charge < -0.3 is 14.7 Å². The molecule has 0 saturated carbocycles. The highest BCUT2D eigenvalue weighted by molar-refractivity contribution is 7.99. The number of aliphatic hydroxyl groups excluding tert-OH is 1. The van der Waals surface area contributed by atoms with Crippen LogP contribution in [0.5, 0.6) is 0 Å². The fourth-order valence-corrected chi connectivity index (χ4v) is 5.02. The number of rotatable bonds is 15. The van der Waals surface area contributed by atoms with E-state index in [1.165, 1.54) is 25.8 Å². The van der Waals surface area contributed by atoms with Gasteiger partial charge in [-0.3, -0.25) is 9.59 Å². The summed E-state index contributed by atoms with van der Waals surface area (Å²) in [7, 11) is 1.41. The van der Waals surface area contributed by atoms with Gasteiger partial charge in [0.15, 0.2) is 5.60 Å². The Hall–Kier alpha value is -3.59. The first-order valence-electron chi connectivity index (χ1n) is 13.3. The number of methoxy groups -OCH3 is 1. The number of carbonyl (C=O) groups excluding carboxylic acids is 3. The molecule has 0 radical (unpaired) electrons. The molecule has 40 heavy (non-hydrogen) atoms. The van der Waals surface area contributed by atoms with Crippen LogP contribution in [0.15, 0.2) is 93.8 Å². The zero-order valence-electron chi connectivity index (χ0n) is 23.1. The topological polar surface area (TPSA) is 102 Å². The van der Waals surface area contributed by atoms with Crippen molar-refractivity contribution in [2.75, 3.05) is 13.7 Å². The van der Waals surface area contributed by atoms with Gasteiger partial charge in [0.2, 0.25) is 11.6 Å². The molecule has 0 spiro atoms. The number of hydrogen-bond donors (Lipinski definition) is 1. The summed E-state index contributed by atoms with van der Waals surface area (Å²) in [5, 5.41) is 13.9. The Morgan fingerprint density at radius 3 is 1.98 bits per heavy atom. The fraction of sp³-hybridized carbons (Fsp3) is 0.312. The standard InChI is InChI=1S/C32H35NO6S/c1-4-5-6-10-13-29(33-39-23(2)35)30(36)24-14-18-27(19-15-24)40-28-20-16-25(17-21-28)31(37)32(22-34,38-3)26-11-8-7-9-12-26/h7-9,11-12,14-21,34H,4-6,10,13,22H2,1-3H3/b33-29+. The van der Waals surface area contributed by atoms with Crippen molar-refractivity contribution < 1.29 is 29.1 Å². The Morgan fingerprint density at radius 2 is 1.45 bits per heavy atom. The first-order valence-corrected chi connectivity index (χ1v) is 14.1. The minimum atomic E-state index is -1.48. The lowest BCUT2D eigenvalue weighted by Gasteiger charge is -2.29. The molecular weight excluding hydrogens is 526 g/mol. The maximum Gasteiger partial charge on any atom is 0.331 e. The first kappa shape index (κ1) is 30.9. The van der Waals surface area contributed by atoms with Crippen molar-refractivity contribution in [2.45, 2.75) is 61.3 Å². The molecule has 0 saturated heterocycles. The second kappa shape index (κ2) is 15.3. The molecule has 0 aliphatic heterocycles. The van der Waals surface area contributed by atoms with E-state index >= 15 is 0 Å². The maximum atomic E-state index is 13.4. The Labute approximate surface area is 239 Å². The lowest BCUT2D eigenvalue weighted by Crippen LogP contribution is -2.41. The van der Waals surface area contributed by atoms with Gasteiger partial charge in [-0.05, 0) is 54.8 Å². The molecule has 3 aromatic carbocycles. The van der Waals surface area contributed by atoms with Crippen LogP contribution in [0.25, 0.3) is 0 Å². The number of ketones is 2. The van der Waals surface area contributed by atoms with E-state index in [2.05, 4.69) is 12.1 Å². The summed E-state index contributed by atoms with van der Waals surface area (Å²) < 4.78 is 5.56. The van der Waals surface area contributed by atoms with E-state index in [4.69, 9.17) is 9.57 Å². The Bertz CT molecular complexity index is 1300. The van der Waals surface area contributed by atoms with Gasteiger partial charge in [0, 0.05) is 35.0 Å². The molecule has 0 heterocycles. The van der Waals surface area contributed by atoms with Gasteiger partial charge >= 0.3 is 5.97 Å². The molecule has 0 aliphatic rings. The second-order valence-electron chi connectivity index (χ2n) is 9.30. The van der Waals surface area contributed by atoms with E-state index in [0.717, 1.165) is 35.5 Å². The van der Waals surface area contributed by atoms with Gasteiger partial charge in [-0.2, -0.15) is 0 Å². The summed E-state index contributed by atoms with van der Waals surface area (Å²) in [5.41, 5.74) is 0.222. The third-order valence-corrected chi connectivity index (χ3v) is 7.48. The number of hydrogen-bond acceptors (Lipinski definition) is 8. The van der Waals surface area contributed by atoms with E-state index < -0.39 is 18.2 Å². The molecule has 0 amide bonds. The molecule has 1 atom stereocenters. The molecule has 0 bridgehead atoms. The summed E-state index contributed by atoms with van der Waals surface area (Å²) >= 11 is 1.48. The summed E-state index contributed by atoms with van der Waals surface area (Å²) in [6.07, 6.45) is 4.35. The molecule has 0 fully saturated rings. The Morgan fingerprint density at radius 1 is 0.850 bits per heavy atom. The van der Waals surface area contributed by atoms with Gasteiger partial charge in [0.25, 0.3) is 0 Å². The molecular formula is C32H35NO6S. The summed E-state index contributed by atoms with van der Waals surface area (Å²) in [6, 6.07) is 23.2. The van der Waals surface area contributed by atoms with Crippen LogP contribution in [0.2, 0.25) is 0 Å². The quantitative estimate of drug-likeness (QED) is 0.0731. The zero-order valence-corrected chi connectivity index (χ0v) is 23.9. The molecule has 8 heteroatoms. The highest BCUT2D eigenvalue weighted by Crippen LogP contribution is 2.32. The number of benzene rings is 3. The van der Waals surface area contributed by atoms with Crippen LogP contribution in [-0.2, 0) is 20.0 Å². The number of aliphatic hydroxyl groups is 1.